The summed E-state index contributed by atoms with van der Waals surface area (Å²) in [5, 5.41) is 45.0. The van der Waals surface area contributed by atoms with Crippen molar-refractivity contribution >= 4 is 16.3 Å². The molecule has 7 atom stereocenters. The van der Waals surface area contributed by atoms with Crippen molar-refractivity contribution in [2.45, 2.75) is 333 Å². The Hall–Kier alpha value is -1.16. The van der Waals surface area contributed by atoms with Crippen molar-refractivity contribution in [2.75, 3.05) is 13.2 Å². The van der Waals surface area contributed by atoms with Crippen LogP contribution in [-0.4, -0.2) is 95.4 Å². The molecule has 12 nitrogen and oxygen atoms in total. The van der Waals surface area contributed by atoms with E-state index in [1.54, 1.807) is 6.08 Å². The second-order valence-electron chi connectivity index (χ2n) is 20.9. The molecule has 0 bridgehead atoms. The maximum atomic E-state index is 13.1. The second kappa shape index (κ2) is 47.5. The van der Waals surface area contributed by atoms with Crippen molar-refractivity contribution in [2.24, 2.45) is 0 Å². The summed E-state index contributed by atoms with van der Waals surface area (Å²) in [4.78, 5) is 13.1. The van der Waals surface area contributed by atoms with E-state index < -0.39 is 59.9 Å². The van der Waals surface area contributed by atoms with E-state index in [9.17, 15) is 38.2 Å². The first kappa shape index (κ1) is 66.9. The largest absolute Gasteiger partial charge is 0.397 e. The third-order valence-corrected chi connectivity index (χ3v) is 14.8. The molecular formula is C57H111NO11S. The third-order valence-electron chi connectivity index (χ3n) is 14.3. The second-order valence-corrected chi connectivity index (χ2v) is 22.0. The topological polar surface area (TPSA) is 192 Å². The highest BCUT2D eigenvalue weighted by Crippen LogP contribution is 2.26. The van der Waals surface area contributed by atoms with Gasteiger partial charge in [-0.05, 0) is 19.3 Å². The molecule has 0 aromatic rings. The number of ether oxygens (including phenoxy) is 2. The standard InChI is InChI=1S/C57H111NO11S/c1-3-5-7-9-11-13-15-17-19-21-23-25-26-27-29-31-33-35-37-39-41-43-45-47-53(61)58-50(49-67-57-55(63)56(69-70(64,65)66)54(62)52(48-59)68-57)51(60)46-44-42-40-38-36-34-32-30-28-24-22-20-18-16-14-12-10-8-6-4-2/h44,46,50-52,54-57,59-60,62-63H,3-43,45,47-49H2,1-2H3,(H,58,61)(H,64,65,66)/b46-44+. The molecule has 0 aromatic heterocycles. The minimum Gasteiger partial charge on any atom is -0.394 e. The number of nitrogens with one attached hydrogen (secondary N) is 1. The first-order valence-corrected chi connectivity index (χ1v) is 30.9. The number of carbonyl (C=O) groups excluding carboxylic acids is 1. The lowest BCUT2D eigenvalue weighted by Gasteiger charge is -2.41. The van der Waals surface area contributed by atoms with E-state index >= 15 is 0 Å². The highest BCUT2D eigenvalue weighted by molar-refractivity contribution is 7.80. The van der Waals surface area contributed by atoms with Gasteiger partial charge in [0.05, 0.1) is 25.4 Å². The Bertz CT molecular complexity index is 1290. The van der Waals surface area contributed by atoms with Crippen LogP contribution in [0.1, 0.15) is 290 Å². The molecule has 6 N–H and O–H groups in total. The Morgan fingerprint density at radius 1 is 0.557 bits per heavy atom. The number of hydrogen-bond donors (Lipinski definition) is 6. The number of rotatable bonds is 52. The van der Waals surface area contributed by atoms with Crippen LogP contribution in [0.15, 0.2) is 12.2 Å². The van der Waals surface area contributed by atoms with Crippen molar-refractivity contribution in [3.63, 3.8) is 0 Å². The SMILES string of the molecule is CCCCCCCCCCCCCCCCCCCC/C=C/C(O)C(COC1OC(CO)C(O)C(OS(=O)(=O)O)C1O)NC(=O)CCCCCCCCCCCCCCCCCCCCCCCCC. The minimum atomic E-state index is -5.09. The van der Waals surface area contributed by atoms with E-state index in [0.29, 0.717) is 6.42 Å². The van der Waals surface area contributed by atoms with E-state index in [1.807, 2.05) is 6.08 Å². The van der Waals surface area contributed by atoms with Gasteiger partial charge in [0.25, 0.3) is 0 Å². The van der Waals surface area contributed by atoms with Gasteiger partial charge in [-0.1, -0.05) is 276 Å². The molecule has 0 radical (unpaired) electrons. The quantitative estimate of drug-likeness (QED) is 0.0193. The average Bonchev–Trinajstić information content (AvgIpc) is 3.33. The Balaban J connectivity index is 2.36. The lowest BCUT2D eigenvalue weighted by Crippen LogP contribution is -2.61. The van der Waals surface area contributed by atoms with Gasteiger partial charge in [0.15, 0.2) is 6.29 Å². The van der Waals surface area contributed by atoms with Gasteiger partial charge < -0.3 is 35.2 Å². The Morgan fingerprint density at radius 3 is 1.24 bits per heavy atom. The Labute approximate surface area is 430 Å². The number of carbonyl (C=O) groups is 1. The van der Waals surface area contributed by atoms with Gasteiger partial charge in [-0.2, -0.15) is 8.42 Å². The predicted molar refractivity (Wildman–Crippen MR) is 287 cm³/mol. The molecule has 1 heterocycles. The summed E-state index contributed by atoms with van der Waals surface area (Å²) in [6.07, 6.45) is 48.3. The molecule has 416 valence electrons. The van der Waals surface area contributed by atoms with Gasteiger partial charge in [-0.15, -0.1) is 0 Å². The summed E-state index contributed by atoms with van der Waals surface area (Å²) in [7, 11) is -5.09. The van der Waals surface area contributed by atoms with Gasteiger partial charge in [-0.25, -0.2) is 4.18 Å². The fourth-order valence-electron chi connectivity index (χ4n) is 9.75. The summed E-state index contributed by atoms with van der Waals surface area (Å²) in [6.45, 7) is 3.44. The summed E-state index contributed by atoms with van der Waals surface area (Å²) >= 11 is 0. The summed E-state index contributed by atoms with van der Waals surface area (Å²) in [5.41, 5.74) is 0. The molecule has 0 aromatic carbocycles. The van der Waals surface area contributed by atoms with Crippen LogP contribution >= 0.6 is 0 Å². The first-order chi connectivity index (χ1) is 34.0. The van der Waals surface area contributed by atoms with Gasteiger partial charge in [-0.3, -0.25) is 9.35 Å². The Kier molecular flexibility index (Phi) is 45.4. The normalized spacial score (nSPS) is 19.6. The molecule has 70 heavy (non-hydrogen) atoms. The van der Waals surface area contributed by atoms with Crippen molar-refractivity contribution in [3.8, 4) is 0 Å². The molecule has 0 saturated carbocycles. The molecule has 1 rings (SSSR count). The molecule has 13 heteroatoms. The molecule has 7 unspecified atom stereocenters. The monoisotopic (exact) mass is 1020 g/mol. The lowest BCUT2D eigenvalue weighted by atomic mass is 9.99. The molecule has 0 aliphatic carbocycles. The molecule has 1 aliphatic rings. The van der Waals surface area contributed by atoms with Crippen LogP contribution in [0.2, 0.25) is 0 Å². The van der Waals surface area contributed by atoms with Crippen molar-refractivity contribution < 1.29 is 51.8 Å². The zero-order chi connectivity index (χ0) is 51.2. The summed E-state index contributed by atoms with van der Waals surface area (Å²) in [6, 6.07) is -0.940. The van der Waals surface area contributed by atoms with Crippen LogP contribution in [0.4, 0.5) is 0 Å². The van der Waals surface area contributed by atoms with Crippen molar-refractivity contribution in [1.29, 1.82) is 0 Å². The summed E-state index contributed by atoms with van der Waals surface area (Å²) in [5.74, 6) is -0.255. The van der Waals surface area contributed by atoms with Crippen LogP contribution in [0.25, 0.3) is 0 Å². The van der Waals surface area contributed by atoms with Crippen LogP contribution in [0.3, 0.4) is 0 Å². The highest BCUT2D eigenvalue weighted by Gasteiger charge is 2.48. The Morgan fingerprint density at radius 2 is 0.900 bits per heavy atom. The minimum absolute atomic E-state index is 0.255. The first-order valence-electron chi connectivity index (χ1n) is 29.6. The van der Waals surface area contributed by atoms with Crippen molar-refractivity contribution in [1.82, 2.24) is 5.32 Å². The fraction of sp³-hybridized carbons (Fsp3) is 0.947. The number of unbranched alkanes of at least 4 members (excludes halogenated alkanes) is 40. The predicted octanol–water partition coefficient (Wildman–Crippen LogP) is 13.8. The number of allylic oxidation sites excluding steroid dienone is 1. The van der Waals surface area contributed by atoms with Gasteiger partial charge in [0.2, 0.25) is 5.91 Å². The van der Waals surface area contributed by atoms with Crippen LogP contribution in [0, 0.1) is 0 Å². The fourth-order valence-corrected chi connectivity index (χ4v) is 10.3. The number of aliphatic hydroxyl groups is 4. The molecule has 1 fully saturated rings. The van der Waals surface area contributed by atoms with E-state index in [2.05, 4.69) is 23.3 Å². The van der Waals surface area contributed by atoms with Crippen molar-refractivity contribution in [3.05, 3.63) is 12.2 Å². The average molecular weight is 1020 g/mol. The van der Waals surface area contributed by atoms with Crippen LogP contribution in [0.5, 0.6) is 0 Å². The molecular weight excluding hydrogens is 907 g/mol. The van der Waals surface area contributed by atoms with Gasteiger partial charge in [0, 0.05) is 6.42 Å². The third kappa shape index (κ3) is 39.3. The number of amides is 1. The van der Waals surface area contributed by atoms with Gasteiger partial charge in [0.1, 0.15) is 24.4 Å². The molecule has 1 amide bonds. The van der Waals surface area contributed by atoms with Gasteiger partial charge >= 0.3 is 10.4 Å². The van der Waals surface area contributed by atoms with E-state index in [-0.39, 0.29) is 18.9 Å². The van der Waals surface area contributed by atoms with E-state index in [4.69, 9.17) is 9.47 Å². The molecule has 0 spiro atoms. The lowest BCUT2D eigenvalue weighted by molar-refractivity contribution is -0.298. The zero-order valence-electron chi connectivity index (χ0n) is 45.1. The molecule has 1 saturated heterocycles. The van der Waals surface area contributed by atoms with Crippen LogP contribution < -0.4 is 5.32 Å². The van der Waals surface area contributed by atoms with E-state index in [1.165, 1.54) is 225 Å². The summed E-state index contributed by atoms with van der Waals surface area (Å²) < 4.78 is 47.9. The molecule has 1 aliphatic heterocycles. The smallest absolute Gasteiger partial charge is 0.394 e. The van der Waals surface area contributed by atoms with E-state index in [0.717, 1.165) is 38.5 Å². The van der Waals surface area contributed by atoms with Crippen LogP contribution in [-0.2, 0) is 28.9 Å². The zero-order valence-corrected chi connectivity index (χ0v) is 45.9. The number of aliphatic hydroxyl groups excluding tert-OH is 4. The number of hydrogen-bond acceptors (Lipinski definition) is 10. The maximum absolute atomic E-state index is 13.1. The highest BCUT2D eigenvalue weighted by atomic mass is 32.3. The maximum Gasteiger partial charge on any atom is 0.397 e.